The first-order valence-electron chi connectivity index (χ1n) is 10.8. The molecular formula is C25H24Cl2F4N4O. The Labute approximate surface area is 216 Å². The Hall–Kier alpha value is -2.88. The molecule has 1 amide bonds. The monoisotopic (exact) mass is 542 g/mol. The lowest BCUT2D eigenvalue weighted by molar-refractivity contribution is -0.140. The molecule has 5 nitrogen and oxygen atoms in total. The van der Waals surface area contributed by atoms with Gasteiger partial charge >= 0.3 is 6.18 Å². The maximum atomic E-state index is 14.1. The smallest absolute Gasteiger partial charge is 0.405 e. The minimum Gasteiger partial charge on any atom is -0.405 e. The van der Waals surface area contributed by atoms with Crippen molar-refractivity contribution >= 4 is 34.8 Å². The molecule has 2 N–H and O–H groups in total. The van der Waals surface area contributed by atoms with E-state index in [4.69, 9.17) is 28.9 Å². The van der Waals surface area contributed by atoms with Crippen molar-refractivity contribution in [2.45, 2.75) is 24.7 Å². The zero-order valence-corrected chi connectivity index (χ0v) is 20.8. The molecule has 1 aliphatic rings. The number of alkyl halides is 3. The zero-order valence-electron chi connectivity index (χ0n) is 19.3. The maximum absolute atomic E-state index is 14.1. The average Bonchev–Trinajstić information content (AvgIpc) is 3.25. The van der Waals surface area contributed by atoms with Crippen molar-refractivity contribution in [2.24, 2.45) is 10.7 Å². The average molecular weight is 543 g/mol. The van der Waals surface area contributed by atoms with Crippen LogP contribution in [0.3, 0.4) is 0 Å². The molecule has 2 atom stereocenters. The summed E-state index contributed by atoms with van der Waals surface area (Å²) in [5.41, 5.74) is 5.43. The number of nitrogens with two attached hydrogens (primary N) is 1. The summed E-state index contributed by atoms with van der Waals surface area (Å²) < 4.78 is 53.0. The molecule has 0 saturated carbocycles. The molecule has 0 aromatic heterocycles. The first-order valence-corrected chi connectivity index (χ1v) is 11.6. The first-order chi connectivity index (χ1) is 17.0. The van der Waals surface area contributed by atoms with Crippen molar-refractivity contribution in [3.63, 3.8) is 0 Å². The van der Waals surface area contributed by atoms with Gasteiger partial charge in [-0.3, -0.25) is 14.7 Å². The molecule has 0 spiro atoms. The summed E-state index contributed by atoms with van der Waals surface area (Å²) in [7, 11) is 1.76. The van der Waals surface area contributed by atoms with Gasteiger partial charge in [0.1, 0.15) is 11.5 Å². The van der Waals surface area contributed by atoms with Gasteiger partial charge < -0.3 is 10.6 Å². The predicted octanol–water partition coefficient (Wildman–Crippen LogP) is 5.63. The molecule has 1 fully saturated rings. The van der Waals surface area contributed by atoms with Crippen molar-refractivity contribution in [3.05, 3.63) is 94.0 Å². The summed E-state index contributed by atoms with van der Waals surface area (Å²) in [6.45, 7) is 4.25. The van der Waals surface area contributed by atoms with E-state index < -0.39 is 17.6 Å². The minimum absolute atomic E-state index is 0.105. The highest BCUT2D eigenvalue weighted by Gasteiger charge is 2.39. The van der Waals surface area contributed by atoms with E-state index in [1.807, 2.05) is 11.0 Å². The number of hydrogen-bond acceptors (Lipinski definition) is 4. The fourth-order valence-electron chi connectivity index (χ4n) is 4.28. The van der Waals surface area contributed by atoms with Crippen LogP contribution >= 0.6 is 23.2 Å². The highest BCUT2D eigenvalue weighted by atomic mass is 35.5. The van der Waals surface area contributed by atoms with Gasteiger partial charge in [0.05, 0.1) is 15.6 Å². The van der Waals surface area contributed by atoms with Crippen molar-refractivity contribution in [1.82, 2.24) is 9.80 Å². The zero-order chi connectivity index (χ0) is 26.6. The van der Waals surface area contributed by atoms with Gasteiger partial charge in [0.15, 0.2) is 0 Å². The van der Waals surface area contributed by atoms with Gasteiger partial charge in [-0.05, 0) is 54.7 Å². The quantitative estimate of drug-likeness (QED) is 0.364. The van der Waals surface area contributed by atoms with Crippen LogP contribution in [0.2, 0.25) is 10.0 Å². The van der Waals surface area contributed by atoms with Gasteiger partial charge in [0.2, 0.25) is 0 Å². The predicted molar refractivity (Wildman–Crippen MR) is 133 cm³/mol. The number of carbonyl (C=O) groups is 1. The molecule has 1 aliphatic heterocycles. The number of halogens is 6. The van der Waals surface area contributed by atoms with Crippen LogP contribution in [0.25, 0.3) is 0 Å². The van der Waals surface area contributed by atoms with Crippen molar-refractivity contribution in [2.75, 3.05) is 20.1 Å². The normalized spacial score (nSPS) is 18.9. The number of carbonyl (C=O) groups excluding carboxylic acids is 1. The standard InChI is InChI=1S/C25H24Cl2F4N4O/c1-3-33-22(8-9-32)24(36)35-13-17(16-5-7-19(26)20(27)11-16)23(14-35)34(2)12-15-4-6-18(21(28)10-15)25(29,30)31/h3-11,17,23H,1,12-14,32H2,2H3/b9-8-,33-22?/t17-,23+/m1/s1. The van der Waals surface area contributed by atoms with Crippen molar-refractivity contribution in [3.8, 4) is 0 Å². The number of nitrogens with zero attached hydrogens (tertiary/aromatic N) is 3. The first kappa shape index (κ1) is 27.7. The molecule has 2 aromatic carbocycles. The number of amides is 1. The van der Waals surface area contributed by atoms with Crippen LogP contribution in [0, 0.1) is 5.82 Å². The number of hydrogen-bond donors (Lipinski definition) is 1. The Morgan fingerprint density at radius 3 is 2.53 bits per heavy atom. The highest BCUT2D eigenvalue weighted by molar-refractivity contribution is 6.43. The second kappa shape index (κ2) is 11.5. The molecule has 0 unspecified atom stereocenters. The second-order valence-corrected chi connectivity index (χ2v) is 9.16. The van der Waals surface area contributed by atoms with E-state index in [1.165, 1.54) is 24.5 Å². The molecule has 1 heterocycles. The van der Waals surface area contributed by atoms with Gasteiger partial charge in [-0.15, -0.1) is 0 Å². The number of likely N-dealkylation sites (tertiary alicyclic amines) is 1. The topological polar surface area (TPSA) is 61.9 Å². The Morgan fingerprint density at radius 2 is 1.94 bits per heavy atom. The van der Waals surface area contributed by atoms with Gasteiger partial charge in [-0.25, -0.2) is 4.39 Å². The third-order valence-corrected chi connectivity index (χ3v) is 6.73. The van der Waals surface area contributed by atoms with Crippen molar-refractivity contribution < 1.29 is 22.4 Å². The molecule has 2 aromatic rings. The van der Waals surface area contributed by atoms with Crippen molar-refractivity contribution in [1.29, 1.82) is 0 Å². The van der Waals surface area contributed by atoms with Crippen LogP contribution in [0.5, 0.6) is 0 Å². The molecule has 11 heteroatoms. The molecule has 36 heavy (non-hydrogen) atoms. The molecule has 1 saturated heterocycles. The third-order valence-electron chi connectivity index (χ3n) is 5.99. The molecule has 3 rings (SSSR count). The van der Waals surface area contributed by atoms with E-state index in [0.29, 0.717) is 22.2 Å². The van der Waals surface area contributed by atoms with Crippen LogP contribution in [-0.4, -0.2) is 47.6 Å². The van der Waals surface area contributed by atoms with E-state index in [1.54, 1.807) is 24.1 Å². The molecular weight excluding hydrogens is 519 g/mol. The molecule has 192 valence electrons. The summed E-state index contributed by atoms with van der Waals surface area (Å²) in [5, 5.41) is 0.732. The molecule has 0 radical (unpaired) electrons. The summed E-state index contributed by atoms with van der Waals surface area (Å²) >= 11 is 12.3. The lowest BCUT2D eigenvalue weighted by Crippen LogP contribution is -2.39. The van der Waals surface area contributed by atoms with Crippen LogP contribution in [0.4, 0.5) is 17.6 Å². The summed E-state index contributed by atoms with van der Waals surface area (Å²) in [6.07, 6.45) is -0.958. The lowest BCUT2D eigenvalue weighted by atomic mass is 9.93. The number of aliphatic imine (C=N–C) groups is 1. The third kappa shape index (κ3) is 6.27. The van der Waals surface area contributed by atoms with E-state index in [-0.39, 0.29) is 36.7 Å². The highest BCUT2D eigenvalue weighted by Crippen LogP contribution is 2.36. The SMILES string of the molecule is C=CN=C(/C=C\N)C(=O)N1C[C@H](c2ccc(Cl)c(Cl)c2)[C@@H](N(C)Cc2ccc(C(F)(F)F)c(F)c2)C1. The van der Waals surface area contributed by atoms with Crippen LogP contribution in [0.1, 0.15) is 22.6 Å². The fourth-order valence-corrected chi connectivity index (χ4v) is 4.59. The largest absolute Gasteiger partial charge is 0.419 e. The molecule has 0 bridgehead atoms. The van der Waals surface area contributed by atoms with E-state index in [0.717, 1.165) is 17.7 Å². The van der Waals surface area contributed by atoms with Crippen LogP contribution in [0.15, 0.2) is 66.4 Å². The number of likely N-dealkylation sites (N-methyl/N-ethyl adjacent to an activating group) is 1. The van der Waals surface area contributed by atoms with Gasteiger partial charge in [0.25, 0.3) is 5.91 Å². The lowest BCUT2D eigenvalue weighted by Gasteiger charge is -2.29. The van der Waals surface area contributed by atoms with Crippen LogP contribution < -0.4 is 5.73 Å². The maximum Gasteiger partial charge on any atom is 0.419 e. The summed E-state index contributed by atoms with van der Waals surface area (Å²) in [6, 6.07) is 7.78. The Bertz CT molecular complexity index is 1200. The van der Waals surface area contributed by atoms with Crippen LogP contribution in [-0.2, 0) is 17.5 Å². The second-order valence-electron chi connectivity index (χ2n) is 8.34. The summed E-state index contributed by atoms with van der Waals surface area (Å²) in [5.74, 6) is -1.92. The van der Waals surface area contributed by atoms with E-state index >= 15 is 0 Å². The Balaban J connectivity index is 1.91. The van der Waals surface area contributed by atoms with Gasteiger partial charge in [-0.1, -0.05) is 41.9 Å². The number of benzene rings is 2. The fraction of sp³-hybridized carbons (Fsp3) is 0.280. The van der Waals surface area contributed by atoms with Gasteiger partial charge in [-0.2, -0.15) is 13.2 Å². The summed E-state index contributed by atoms with van der Waals surface area (Å²) in [4.78, 5) is 20.6. The van der Waals surface area contributed by atoms with Gasteiger partial charge in [0, 0.05) is 37.8 Å². The molecule has 0 aliphatic carbocycles. The number of rotatable bonds is 7. The van der Waals surface area contributed by atoms with E-state index in [9.17, 15) is 22.4 Å². The Kier molecular flexibility index (Phi) is 8.81. The Morgan fingerprint density at radius 1 is 1.22 bits per heavy atom. The van der Waals surface area contributed by atoms with E-state index in [2.05, 4.69) is 11.6 Å². The minimum atomic E-state index is -4.78.